The summed E-state index contributed by atoms with van der Waals surface area (Å²) in [7, 11) is -9.43. The molecule has 0 bridgehead atoms. The van der Waals surface area contributed by atoms with E-state index in [9.17, 15) is 25.9 Å². The quantitative estimate of drug-likeness (QED) is 0.281. The van der Waals surface area contributed by atoms with Crippen LogP contribution in [0.5, 0.6) is 0 Å². The van der Waals surface area contributed by atoms with Crippen molar-refractivity contribution in [3.63, 3.8) is 0 Å². The summed E-state index contributed by atoms with van der Waals surface area (Å²) < 4.78 is 58.8. The fourth-order valence-corrected chi connectivity index (χ4v) is 8.27. The van der Waals surface area contributed by atoms with E-state index in [-0.39, 0.29) is 132 Å². The standard InChI is InChI=1S/2K.H2O6S5/c;;1-10(2,3)8-7-9-11(4,5)6/h;;(H,1,2,3)(H,4,5,6)/q2*+1;/p-2. The van der Waals surface area contributed by atoms with E-state index in [0.717, 1.165) is 0 Å². The summed E-state index contributed by atoms with van der Waals surface area (Å²) in [5, 5.41) is 0. The summed E-state index contributed by atoms with van der Waals surface area (Å²) in [4.78, 5) is 0. The van der Waals surface area contributed by atoms with Crippen LogP contribution in [0, 0.1) is 0 Å². The van der Waals surface area contributed by atoms with Gasteiger partial charge in [0.1, 0.15) is 0 Å². The van der Waals surface area contributed by atoms with Crippen LogP contribution < -0.4 is 103 Å². The first-order valence-electron chi connectivity index (χ1n) is 1.67. The van der Waals surface area contributed by atoms with Crippen molar-refractivity contribution in [2.45, 2.75) is 0 Å². The molecule has 0 aromatic carbocycles. The van der Waals surface area contributed by atoms with E-state index in [0.29, 0.717) is 0 Å². The van der Waals surface area contributed by atoms with Gasteiger partial charge in [0.05, 0.1) is 0 Å². The number of hydrogen-bond donors (Lipinski definition) is 0. The van der Waals surface area contributed by atoms with E-state index in [1.165, 1.54) is 0 Å². The molecule has 13 heavy (non-hydrogen) atoms. The van der Waals surface area contributed by atoms with Crippen molar-refractivity contribution >= 4 is 47.8 Å². The van der Waals surface area contributed by atoms with Gasteiger partial charge in [0, 0.05) is 29.5 Å². The van der Waals surface area contributed by atoms with Crippen LogP contribution in [0.25, 0.3) is 0 Å². The molecule has 6 nitrogen and oxygen atoms in total. The molecule has 13 heteroatoms. The minimum atomic E-state index is -4.54. The van der Waals surface area contributed by atoms with E-state index in [1.54, 1.807) is 0 Å². The monoisotopic (exact) mass is 334 g/mol. The van der Waals surface area contributed by atoms with Crippen LogP contribution in [0.2, 0.25) is 0 Å². The summed E-state index contributed by atoms with van der Waals surface area (Å²) in [5.41, 5.74) is 0. The van der Waals surface area contributed by atoms with Gasteiger partial charge in [0.15, 0.2) is 18.3 Å². The third-order valence-electron chi connectivity index (χ3n) is 0.222. The summed E-state index contributed by atoms with van der Waals surface area (Å²) in [6.45, 7) is 0. The van der Waals surface area contributed by atoms with Crippen LogP contribution in [-0.4, -0.2) is 25.9 Å². The molecule has 0 spiro atoms. The average molecular weight is 335 g/mol. The van der Waals surface area contributed by atoms with Crippen molar-refractivity contribution in [3.05, 3.63) is 0 Å². The van der Waals surface area contributed by atoms with Crippen LogP contribution in [0.4, 0.5) is 0 Å². The van der Waals surface area contributed by atoms with Crippen LogP contribution in [0.1, 0.15) is 0 Å². The zero-order chi connectivity index (χ0) is 9.12. The molecule has 0 amide bonds. The minimum absolute atomic E-state index is 0. The molecular weight excluding hydrogens is 335 g/mol. The van der Waals surface area contributed by atoms with Gasteiger partial charge in [-0.2, -0.15) is 0 Å². The van der Waals surface area contributed by atoms with Crippen molar-refractivity contribution in [2.75, 3.05) is 0 Å². The van der Waals surface area contributed by atoms with Gasteiger partial charge in [0.25, 0.3) is 0 Å². The molecule has 0 aromatic rings. The average Bonchev–Trinajstić information content (AvgIpc) is 1.55. The van der Waals surface area contributed by atoms with Gasteiger partial charge in [0.2, 0.25) is 0 Å². The first-order chi connectivity index (χ1) is 4.71. The molecule has 0 aromatic heterocycles. The number of hydrogen-bond acceptors (Lipinski definition) is 9. The Morgan fingerprint density at radius 2 is 1.00 bits per heavy atom. The maximum atomic E-state index is 9.79. The Hall–Kier alpha value is 4.14. The van der Waals surface area contributed by atoms with Gasteiger partial charge in [-0.1, -0.05) is 0 Å². The third kappa shape index (κ3) is 21.9. The zero-order valence-electron chi connectivity index (χ0n) is 6.49. The molecule has 0 aliphatic rings. The smallest absolute Gasteiger partial charge is 0.739 e. The molecule has 0 aliphatic heterocycles. The maximum Gasteiger partial charge on any atom is 1.00 e. The Bertz CT molecular complexity index is 268. The van der Waals surface area contributed by atoms with Gasteiger partial charge >= 0.3 is 103 Å². The molecule has 0 heterocycles. The van der Waals surface area contributed by atoms with Crippen molar-refractivity contribution in [2.24, 2.45) is 0 Å². The van der Waals surface area contributed by atoms with Gasteiger partial charge in [-0.15, -0.1) is 0 Å². The molecule has 0 atom stereocenters. The fraction of sp³-hybridized carbons (Fsp3) is 0. The second kappa shape index (κ2) is 10.1. The molecule has 0 N–H and O–H groups in total. The molecule has 0 radical (unpaired) electrons. The minimum Gasteiger partial charge on any atom is -0.739 e. The fourth-order valence-electron chi connectivity index (χ4n) is 0.0794. The second-order valence-corrected chi connectivity index (χ2v) is 10.4. The van der Waals surface area contributed by atoms with Crippen LogP contribution in [-0.2, 0) is 18.3 Å². The molecule has 0 aliphatic carbocycles. The van der Waals surface area contributed by atoms with Crippen LogP contribution in [0.3, 0.4) is 0 Å². The zero-order valence-corrected chi connectivity index (χ0v) is 16.8. The normalized spacial score (nSPS) is 11.2. The van der Waals surface area contributed by atoms with E-state index >= 15 is 0 Å². The Labute approximate surface area is 171 Å². The van der Waals surface area contributed by atoms with E-state index < -0.39 is 18.3 Å². The summed E-state index contributed by atoms with van der Waals surface area (Å²) in [6.07, 6.45) is 0. The summed E-state index contributed by atoms with van der Waals surface area (Å²) >= 11 is 0. The van der Waals surface area contributed by atoms with Crippen LogP contribution in [0.15, 0.2) is 0 Å². The van der Waals surface area contributed by atoms with Crippen molar-refractivity contribution in [3.8, 4) is 0 Å². The van der Waals surface area contributed by atoms with Crippen molar-refractivity contribution in [1.82, 2.24) is 0 Å². The SMILES string of the molecule is O=S(=O)([O-])SSSS(=O)(=O)[O-].[K+].[K+]. The third-order valence-corrected chi connectivity index (χ3v) is 9.00. The van der Waals surface area contributed by atoms with E-state index in [4.69, 9.17) is 0 Å². The molecule has 0 saturated carbocycles. The van der Waals surface area contributed by atoms with E-state index in [2.05, 4.69) is 0 Å². The molecule has 0 rings (SSSR count). The molecule has 0 unspecified atom stereocenters. The van der Waals surface area contributed by atoms with Gasteiger partial charge in [-0.05, 0) is 0 Å². The van der Waals surface area contributed by atoms with E-state index in [1.807, 2.05) is 0 Å². The molecule has 0 fully saturated rings. The van der Waals surface area contributed by atoms with Gasteiger partial charge < -0.3 is 9.11 Å². The van der Waals surface area contributed by atoms with Crippen molar-refractivity contribution in [1.29, 1.82) is 0 Å². The predicted molar refractivity (Wildman–Crippen MR) is 42.2 cm³/mol. The Morgan fingerprint density at radius 1 is 0.769 bits per heavy atom. The number of rotatable bonds is 4. The van der Waals surface area contributed by atoms with Crippen LogP contribution >= 0.6 is 29.5 Å². The molecular formula is K2O6S5. The Balaban J connectivity index is -0.000000500. The topological polar surface area (TPSA) is 114 Å². The molecule has 68 valence electrons. The largest absolute Gasteiger partial charge is 1.00 e. The molecule has 0 saturated heterocycles. The maximum absolute atomic E-state index is 9.79. The van der Waals surface area contributed by atoms with Gasteiger partial charge in [-0.3, -0.25) is 0 Å². The summed E-state index contributed by atoms with van der Waals surface area (Å²) in [5.74, 6) is 0. The second-order valence-electron chi connectivity index (χ2n) is 1.02. The summed E-state index contributed by atoms with van der Waals surface area (Å²) in [6, 6.07) is 0. The Kier molecular flexibility index (Phi) is 17.4. The predicted octanol–water partition coefficient (Wildman–Crippen LogP) is -6.06. The first kappa shape index (κ1) is 22.3. The first-order valence-corrected chi connectivity index (χ1v) is 9.00. The Morgan fingerprint density at radius 3 is 1.15 bits per heavy atom. The van der Waals surface area contributed by atoms with Gasteiger partial charge in [-0.25, -0.2) is 16.8 Å². The van der Waals surface area contributed by atoms with Crippen molar-refractivity contribution < 1.29 is 129 Å².